The number of ether oxygens (including phenoxy) is 1. The molecule has 1 aromatic carbocycles. The van der Waals surface area contributed by atoms with Crippen molar-refractivity contribution in [3.63, 3.8) is 0 Å². The monoisotopic (exact) mass is 353 g/mol. The Morgan fingerprint density at radius 2 is 2.12 bits per heavy atom. The fraction of sp³-hybridized carbons (Fsp3) is 0.429. The number of hydrogen-bond donors (Lipinski definition) is 1. The van der Waals surface area contributed by atoms with Crippen LogP contribution in [0, 0.1) is 0 Å². The van der Waals surface area contributed by atoms with Gasteiger partial charge in [-0.25, -0.2) is 4.98 Å². The summed E-state index contributed by atoms with van der Waals surface area (Å²) in [6.07, 6.45) is 5.03. The van der Waals surface area contributed by atoms with Gasteiger partial charge in [0, 0.05) is 31.7 Å². The van der Waals surface area contributed by atoms with E-state index in [1.165, 1.54) is 0 Å². The molecule has 1 N–H and O–H groups in total. The molecule has 1 aromatic heterocycles. The quantitative estimate of drug-likeness (QED) is 0.792. The highest BCUT2D eigenvalue weighted by Crippen LogP contribution is 2.18. The molecule has 1 amide bonds. The van der Waals surface area contributed by atoms with Crippen LogP contribution >= 0.6 is 0 Å². The molecule has 1 aliphatic heterocycles. The van der Waals surface area contributed by atoms with Gasteiger partial charge in [-0.2, -0.15) is 0 Å². The van der Waals surface area contributed by atoms with Crippen LogP contribution in [-0.4, -0.2) is 36.6 Å². The van der Waals surface area contributed by atoms with Gasteiger partial charge in [-0.15, -0.1) is 0 Å². The molecular formula is C21H27N3O2. The molecular weight excluding hydrogens is 326 g/mol. The van der Waals surface area contributed by atoms with Crippen LogP contribution in [0.3, 0.4) is 0 Å². The molecule has 0 bridgehead atoms. The summed E-state index contributed by atoms with van der Waals surface area (Å²) >= 11 is 0. The smallest absolute Gasteiger partial charge is 0.220 e. The molecule has 1 aliphatic rings. The Morgan fingerprint density at radius 1 is 1.27 bits per heavy atom. The summed E-state index contributed by atoms with van der Waals surface area (Å²) in [5.41, 5.74) is 1.16. The van der Waals surface area contributed by atoms with E-state index in [0.29, 0.717) is 6.42 Å². The van der Waals surface area contributed by atoms with Crippen LogP contribution in [0.1, 0.15) is 31.7 Å². The molecule has 26 heavy (non-hydrogen) atoms. The van der Waals surface area contributed by atoms with Crippen LogP contribution in [0.4, 0.5) is 5.82 Å². The Bertz CT molecular complexity index is 688. The predicted molar refractivity (Wildman–Crippen MR) is 104 cm³/mol. The van der Waals surface area contributed by atoms with Gasteiger partial charge in [-0.05, 0) is 49.1 Å². The lowest BCUT2D eigenvalue weighted by molar-refractivity contribution is -0.121. The van der Waals surface area contributed by atoms with Crippen LogP contribution in [0.15, 0.2) is 48.7 Å². The summed E-state index contributed by atoms with van der Waals surface area (Å²) in [7, 11) is 0. The number of pyridine rings is 1. The largest absolute Gasteiger partial charge is 0.494 e. The van der Waals surface area contributed by atoms with Crippen molar-refractivity contribution >= 4 is 11.7 Å². The number of nitrogens with one attached hydrogen (secondary N) is 1. The third-order valence-corrected chi connectivity index (χ3v) is 4.56. The van der Waals surface area contributed by atoms with Gasteiger partial charge in [0.2, 0.25) is 5.91 Å². The molecule has 1 saturated heterocycles. The van der Waals surface area contributed by atoms with Gasteiger partial charge in [-0.3, -0.25) is 4.79 Å². The molecule has 0 aliphatic carbocycles. The van der Waals surface area contributed by atoms with Gasteiger partial charge in [-0.1, -0.05) is 25.1 Å². The number of aryl methyl sites for hydroxylation is 1. The standard InChI is InChI=1S/C21H27N3O2/c1-2-15-26-19-9-6-17(7-10-19)8-11-21(25)23-18-12-14-24(16-18)20-5-3-4-13-22-20/h3-7,9-10,13,18H,2,8,11-12,14-16H2,1H3,(H,23,25). The molecule has 5 nitrogen and oxygen atoms in total. The van der Waals surface area contributed by atoms with E-state index < -0.39 is 0 Å². The van der Waals surface area contributed by atoms with E-state index in [0.717, 1.165) is 56.1 Å². The predicted octanol–water partition coefficient (Wildman–Crippen LogP) is 3.20. The number of carbonyl (C=O) groups is 1. The van der Waals surface area contributed by atoms with E-state index in [9.17, 15) is 4.79 Å². The van der Waals surface area contributed by atoms with Crippen molar-refractivity contribution in [3.05, 3.63) is 54.2 Å². The average Bonchev–Trinajstić information content (AvgIpc) is 3.14. The fourth-order valence-electron chi connectivity index (χ4n) is 3.16. The maximum absolute atomic E-state index is 12.3. The number of carbonyl (C=O) groups excluding carboxylic acids is 1. The Balaban J connectivity index is 1.40. The summed E-state index contributed by atoms with van der Waals surface area (Å²) in [6, 6.07) is 14.2. The zero-order valence-electron chi connectivity index (χ0n) is 15.4. The summed E-state index contributed by atoms with van der Waals surface area (Å²) in [6.45, 7) is 4.58. The van der Waals surface area contributed by atoms with Gasteiger partial charge in [0.1, 0.15) is 11.6 Å². The van der Waals surface area contributed by atoms with E-state index in [1.807, 2.05) is 42.5 Å². The van der Waals surface area contributed by atoms with Crippen LogP contribution in [0.5, 0.6) is 5.75 Å². The first kappa shape index (κ1) is 18.2. The zero-order chi connectivity index (χ0) is 18.2. The van der Waals surface area contributed by atoms with Gasteiger partial charge < -0.3 is 15.0 Å². The zero-order valence-corrected chi connectivity index (χ0v) is 15.4. The molecule has 0 saturated carbocycles. The second-order valence-corrected chi connectivity index (χ2v) is 6.68. The number of anilines is 1. The highest BCUT2D eigenvalue weighted by atomic mass is 16.5. The molecule has 138 valence electrons. The Kier molecular flexibility index (Phi) is 6.47. The van der Waals surface area contributed by atoms with Crippen molar-refractivity contribution < 1.29 is 9.53 Å². The Hall–Kier alpha value is -2.56. The van der Waals surface area contributed by atoms with Crippen molar-refractivity contribution in [2.24, 2.45) is 0 Å². The minimum Gasteiger partial charge on any atom is -0.494 e. The maximum Gasteiger partial charge on any atom is 0.220 e. The van der Waals surface area contributed by atoms with Gasteiger partial charge in [0.05, 0.1) is 6.61 Å². The first-order valence-electron chi connectivity index (χ1n) is 9.41. The number of benzene rings is 1. The SMILES string of the molecule is CCCOc1ccc(CCC(=O)NC2CCN(c3ccccn3)C2)cc1. The van der Waals surface area contributed by atoms with Crippen molar-refractivity contribution in [1.29, 1.82) is 0 Å². The highest BCUT2D eigenvalue weighted by Gasteiger charge is 2.24. The third-order valence-electron chi connectivity index (χ3n) is 4.56. The van der Waals surface area contributed by atoms with E-state index in [4.69, 9.17) is 4.74 Å². The summed E-state index contributed by atoms with van der Waals surface area (Å²) in [5, 5.41) is 3.16. The minimum absolute atomic E-state index is 0.115. The molecule has 1 unspecified atom stereocenters. The van der Waals surface area contributed by atoms with E-state index in [1.54, 1.807) is 6.20 Å². The van der Waals surface area contributed by atoms with Gasteiger partial charge >= 0.3 is 0 Å². The van der Waals surface area contributed by atoms with E-state index in [-0.39, 0.29) is 11.9 Å². The first-order valence-corrected chi connectivity index (χ1v) is 9.41. The fourth-order valence-corrected chi connectivity index (χ4v) is 3.16. The average molecular weight is 353 g/mol. The van der Waals surface area contributed by atoms with Gasteiger partial charge in [0.25, 0.3) is 0 Å². The summed E-state index contributed by atoms with van der Waals surface area (Å²) < 4.78 is 5.58. The Morgan fingerprint density at radius 3 is 2.85 bits per heavy atom. The lowest BCUT2D eigenvalue weighted by Gasteiger charge is -2.17. The van der Waals surface area contributed by atoms with Crippen LogP contribution in [0.2, 0.25) is 0 Å². The molecule has 2 aromatic rings. The van der Waals surface area contributed by atoms with E-state index in [2.05, 4.69) is 22.1 Å². The van der Waals surface area contributed by atoms with Gasteiger partial charge in [0.15, 0.2) is 0 Å². The van der Waals surface area contributed by atoms with E-state index >= 15 is 0 Å². The van der Waals surface area contributed by atoms with Crippen LogP contribution < -0.4 is 15.0 Å². The minimum atomic E-state index is 0.115. The number of nitrogens with zero attached hydrogens (tertiary/aromatic N) is 2. The lowest BCUT2D eigenvalue weighted by atomic mass is 10.1. The Labute approximate surface area is 155 Å². The molecule has 1 atom stereocenters. The second kappa shape index (κ2) is 9.22. The number of aromatic nitrogens is 1. The van der Waals surface area contributed by atoms with Crippen molar-refractivity contribution in [2.45, 2.75) is 38.6 Å². The molecule has 5 heteroatoms. The molecule has 0 spiro atoms. The topological polar surface area (TPSA) is 54.5 Å². The molecule has 2 heterocycles. The normalized spacial score (nSPS) is 16.5. The third kappa shape index (κ3) is 5.22. The highest BCUT2D eigenvalue weighted by molar-refractivity contribution is 5.76. The summed E-state index contributed by atoms with van der Waals surface area (Å²) in [5.74, 6) is 1.99. The van der Waals surface area contributed by atoms with Crippen LogP contribution in [0.25, 0.3) is 0 Å². The molecule has 1 fully saturated rings. The van der Waals surface area contributed by atoms with Crippen LogP contribution in [-0.2, 0) is 11.2 Å². The number of amides is 1. The number of rotatable bonds is 8. The number of hydrogen-bond acceptors (Lipinski definition) is 4. The summed E-state index contributed by atoms with van der Waals surface area (Å²) in [4.78, 5) is 18.9. The van der Waals surface area contributed by atoms with Crippen molar-refractivity contribution in [3.8, 4) is 5.75 Å². The van der Waals surface area contributed by atoms with Crippen molar-refractivity contribution in [2.75, 3.05) is 24.6 Å². The molecule has 3 rings (SSSR count). The molecule has 0 radical (unpaired) electrons. The lowest BCUT2D eigenvalue weighted by Crippen LogP contribution is -2.37. The second-order valence-electron chi connectivity index (χ2n) is 6.68. The van der Waals surface area contributed by atoms with Crippen molar-refractivity contribution in [1.82, 2.24) is 10.3 Å². The first-order chi connectivity index (χ1) is 12.7. The maximum atomic E-state index is 12.3.